The van der Waals surface area contributed by atoms with Crippen molar-refractivity contribution in [1.29, 1.82) is 0 Å². The predicted octanol–water partition coefficient (Wildman–Crippen LogP) is 3.77. The molecule has 1 fully saturated rings. The van der Waals surface area contributed by atoms with E-state index in [1.54, 1.807) is 0 Å². The first-order valence-corrected chi connectivity index (χ1v) is 11.2. The summed E-state index contributed by atoms with van der Waals surface area (Å²) in [6.45, 7) is 11.3. The number of piperazine rings is 1. The minimum absolute atomic E-state index is 0.00972. The van der Waals surface area contributed by atoms with Crippen molar-refractivity contribution in [3.05, 3.63) is 65.2 Å². The predicted molar refractivity (Wildman–Crippen MR) is 130 cm³/mol. The lowest BCUT2D eigenvalue weighted by Gasteiger charge is -2.38. The second kappa shape index (κ2) is 9.84. The zero-order valence-electron chi connectivity index (χ0n) is 20.0. The Morgan fingerprint density at radius 3 is 2.06 bits per heavy atom. The van der Waals surface area contributed by atoms with Gasteiger partial charge in [-0.05, 0) is 47.9 Å². The molecule has 0 aliphatic carbocycles. The molecule has 5 nitrogen and oxygen atoms in total. The maximum absolute atomic E-state index is 12.9. The van der Waals surface area contributed by atoms with Gasteiger partial charge in [0.05, 0.1) is 6.04 Å². The van der Waals surface area contributed by atoms with Crippen LogP contribution in [-0.2, 0) is 5.41 Å². The lowest BCUT2D eigenvalue weighted by molar-refractivity contribution is 0.0886. The first-order chi connectivity index (χ1) is 14.6. The standard InChI is InChI=1S/C26H38N4O/c1-26(2,3)22-11-7-21(8-12-22)25(31)27-19-24(30-17-15-29(6)16-18-30)20-9-13-23(14-10-20)28(4)5/h7-14,24H,15-19H2,1-6H3,(H,27,31)/t24-/m0/s1. The van der Waals surface area contributed by atoms with Crippen molar-refractivity contribution in [2.75, 3.05) is 58.8 Å². The van der Waals surface area contributed by atoms with Crippen LogP contribution in [0.1, 0.15) is 48.3 Å². The Hall–Kier alpha value is -2.37. The van der Waals surface area contributed by atoms with E-state index in [1.165, 1.54) is 16.8 Å². The van der Waals surface area contributed by atoms with Crippen LogP contribution in [0.2, 0.25) is 0 Å². The maximum atomic E-state index is 12.9. The number of nitrogens with zero attached hydrogens (tertiary/aromatic N) is 3. The van der Waals surface area contributed by atoms with Gasteiger partial charge in [0.2, 0.25) is 0 Å². The molecule has 1 aliphatic rings. The molecule has 0 saturated carbocycles. The minimum atomic E-state index is -0.00972. The lowest BCUT2D eigenvalue weighted by atomic mass is 9.87. The van der Waals surface area contributed by atoms with Crippen LogP contribution in [0.3, 0.4) is 0 Å². The summed E-state index contributed by atoms with van der Waals surface area (Å²) in [6.07, 6.45) is 0. The zero-order chi connectivity index (χ0) is 22.6. The summed E-state index contributed by atoms with van der Waals surface area (Å²) < 4.78 is 0. The number of likely N-dealkylation sites (N-methyl/N-ethyl adjacent to an activating group) is 1. The molecule has 3 rings (SSSR count). The van der Waals surface area contributed by atoms with Crippen LogP contribution in [0.25, 0.3) is 0 Å². The van der Waals surface area contributed by atoms with E-state index in [4.69, 9.17) is 0 Å². The Morgan fingerprint density at radius 2 is 1.55 bits per heavy atom. The van der Waals surface area contributed by atoms with Crippen LogP contribution in [0, 0.1) is 0 Å². The Balaban J connectivity index is 1.73. The van der Waals surface area contributed by atoms with Gasteiger partial charge in [0, 0.05) is 58.1 Å². The number of amides is 1. The van der Waals surface area contributed by atoms with Crippen LogP contribution < -0.4 is 10.2 Å². The van der Waals surface area contributed by atoms with Gasteiger partial charge in [-0.25, -0.2) is 0 Å². The van der Waals surface area contributed by atoms with Gasteiger partial charge in [0.15, 0.2) is 0 Å². The third kappa shape index (κ3) is 6.08. The number of benzene rings is 2. The molecule has 1 aliphatic heterocycles. The molecule has 0 spiro atoms. The van der Waals surface area contributed by atoms with Gasteiger partial charge >= 0.3 is 0 Å². The molecule has 0 bridgehead atoms. The summed E-state index contributed by atoms with van der Waals surface area (Å²) in [7, 11) is 6.28. The summed E-state index contributed by atoms with van der Waals surface area (Å²) in [5.41, 5.74) is 4.47. The Labute approximate surface area is 188 Å². The monoisotopic (exact) mass is 422 g/mol. The number of nitrogens with one attached hydrogen (secondary N) is 1. The Kier molecular flexibility index (Phi) is 7.39. The van der Waals surface area contributed by atoms with Crippen LogP contribution in [0.15, 0.2) is 48.5 Å². The summed E-state index contributed by atoms with van der Waals surface area (Å²) in [5, 5.41) is 3.20. The van der Waals surface area contributed by atoms with E-state index >= 15 is 0 Å². The minimum Gasteiger partial charge on any atom is -0.378 e. The highest BCUT2D eigenvalue weighted by Gasteiger charge is 2.25. The third-order valence-corrected chi connectivity index (χ3v) is 6.24. The summed E-state index contributed by atoms with van der Waals surface area (Å²) in [6, 6.07) is 16.9. The van der Waals surface area contributed by atoms with Gasteiger partial charge in [0.25, 0.3) is 5.91 Å². The van der Waals surface area contributed by atoms with Gasteiger partial charge in [-0.3, -0.25) is 9.69 Å². The number of hydrogen-bond donors (Lipinski definition) is 1. The van der Waals surface area contributed by atoms with E-state index in [2.05, 4.69) is 98.3 Å². The van der Waals surface area contributed by atoms with E-state index in [-0.39, 0.29) is 17.4 Å². The fraction of sp³-hybridized carbons (Fsp3) is 0.500. The number of carbonyl (C=O) groups excluding carboxylic acids is 1. The van der Waals surface area contributed by atoms with E-state index in [1.807, 2.05) is 12.1 Å². The van der Waals surface area contributed by atoms with E-state index in [9.17, 15) is 4.79 Å². The van der Waals surface area contributed by atoms with Crippen molar-refractivity contribution in [2.45, 2.75) is 32.2 Å². The van der Waals surface area contributed by atoms with E-state index in [0.717, 1.165) is 26.2 Å². The van der Waals surface area contributed by atoms with Crippen molar-refractivity contribution in [3.8, 4) is 0 Å². The first-order valence-electron chi connectivity index (χ1n) is 11.2. The summed E-state index contributed by atoms with van der Waals surface area (Å²) in [5.74, 6) is -0.00972. The molecule has 0 radical (unpaired) electrons. The Bertz CT molecular complexity index is 844. The van der Waals surface area contributed by atoms with E-state index < -0.39 is 0 Å². The molecule has 1 heterocycles. The molecule has 1 atom stereocenters. The SMILES string of the molecule is CN1CCN([C@@H](CNC(=O)c2ccc(C(C)(C)C)cc2)c2ccc(N(C)C)cc2)CC1. The topological polar surface area (TPSA) is 38.8 Å². The molecular weight excluding hydrogens is 384 g/mol. The molecule has 2 aromatic rings. The smallest absolute Gasteiger partial charge is 0.251 e. The normalized spacial score (nSPS) is 16.7. The zero-order valence-corrected chi connectivity index (χ0v) is 20.0. The molecule has 31 heavy (non-hydrogen) atoms. The van der Waals surface area contributed by atoms with Crippen molar-refractivity contribution in [2.24, 2.45) is 0 Å². The highest BCUT2D eigenvalue weighted by atomic mass is 16.1. The van der Waals surface area contributed by atoms with Gasteiger partial charge in [-0.2, -0.15) is 0 Å². The fourth-order valence-electron chi connectivity index (χ4n) is 4.00. The highest BCUT2D eigenvalue weighted by Crippen LogP contribution is 2.25. The molecule has 0 unspecified atom stereocenters. The fourth-order valence-corrected chi connectivity index (χ4v) is 4.00. The van der Waals surface area contributed by atoms with Crippen LogP contribution in [0.5, 0.6) is 0 Å². The molecule has 1 saturated heterocycles. The number of anilines is 1. The average Bonchev–Trinajstić information content (AvgIpc) is 2.74. The lowest BCUT2D eigenvalue weighted by Crippen LogP contribution is -2.48. The molecule has 2 aromatic carbocycles. The summed E-state index contributed by atoms with van der Waals surface area (Å²) in [4.78, 5) is 19.8. The van der Waals surface area contributed by atoms with Gasteiger partial charge in [-0.15, -0.1) is 0 Å². The number of hydrogen-bond acceptors (Lipinski definition) is 4. The molecule has 0 aromatic heterocycles. The second-order valence-electron chi connectivity index (χ2n) is 9.88. The van der Waals surface area contributed by atoms with Crippen molar-refractivity contribution < 1.29 is 4.79 Å². The average molecular weight is 423 g/mol. The molecule has 168 valence electrons. The van der Waals surface area contributed by atoms with Crippen molar-refractivity contribution in [1.82, 2.24) is 15.1 Å². The van der Waals surface area contributed by atoms with Crippen LogP contribution >= 0.6 is 0 Å². The molecular formula is C26H38N4O. The first kappa shape index (κ1) is 23.3. The largest absolute Gasteiger partial charge is 0.378 e. The van der Waals surface area contributed by atoms with Crippen LogP contribution in [-0.4, -0.2) is 69.6 Å². The third-order valence-electron chi connectivity index (χ3n) is 6.24. The van der Waals surface area contributed by atoms with Crippen LogP contribution in [0.4, 0.5) is 5.69 Å². The number of rotatable bonds is 6. The quantitative estimate of drug-likeness (QED) is 0.769. The van der Waals surface area contributed by atoms with Gasteiger partial charge in [-0.1, -0.05) is 45.0 Å². The highest BCUT2D eigenvalue weighted by molar-refractivity contribution is 5.94. The van der Waals surface area contributed by atoms with Crippen molar-refractivity contribution >= 4 is 11.6 Å². The van der Waals surface area contributed by atoms with Crippen molar-refractivity contribution in [3.63, 3.8) is 0 Å². The number of carbonyl (C=O) groups is 1. The molecule has 1 amide bonds. The second-order valence-corrected chi connectivity index (χ2v) is 9.88. The maximum Gasteiger partial charge on any atom is 0.251 e. The van der Waals surface area contributed by atoms with Gasteiger partial charge < -0.3 is 15.1 Å². The molecule has 1 N–H and O–H groups in total. The summed E-state index contributed by atoms with van der Waals surface area (Å²) >= 11 is 0. The van der Waals surface area contributed by atoms with E-state index in [0.29, 0.717) is 12.1 Å². The van der Waals surface area contributed by atoms with Gasteiger partial charge in [0.1, 0.15) is 0 Å². The Morgan fingerprint density at radius 1 is 0.968 bits per heavy atom. The molecule has 5 heteroatoms.